The third-order valence-electron chi connectivity index (χ3n) is 9.32. The van der Waals surface area contributed by atoms with Crippen LogP contribution in [0.2, 0.25) is 0 Å². The van der Waals surface area contributed by atoms with Gasteiger partial charge >= 0.3 is 0 Å². The number of hydrogen-bond donors (Lipinski definition) is 3. The summed E-state index contributed by atoms with van der Waals surface area (Å²) in [5.41, 5.74) is 8.57. The molecule has 2 aromatic carbocycles. The summed E-state index contributed by atoms with van der Waals surface area (Å²) >= 11 is 0. The molecule has 3 atom stereocenters. The summed E-state index contributed by atoms with van der Waals surface area (Å²) < 4.78 is 1.88. The van der Waals surface area contributed by atoms with E-state index in [-0.39, 0.29) is 24.3 Å². The van der Waals surface area contributed by atoms with E-state index >= 15 is 0 Å². The molecule has 3 unspecified atom stereocenters. The minimum Gasteiger partial charge on any atom is -0.411 e. The number of pyridine rings is 1. The smallest absolute Gasteiger partial charge is 0.231 e. The maximum absolute atomic E-state index is 12.7. The van der Waals surface area contributed by atoms with Crippen LogP contribution in [0.25, 0.3) is 28.1 Å². The molecule has 229 valence electrons. The number of aromatic nitrogens is 3. The average Bonchev–Trinajstić information content (AvgIpc) is 3.71. The first-order valence-corrected chi connectivity index (χ1v) is 15.4. The van der Waals surface area contributed by atoms with Gasteiger partial charge in [-0.25, -0.2) is 9.79 Å². The molecular weight excluding hydrogens is 570 g/mol. The molecule has 4 aromatic rings. The van der Waals surface area contributed by atoms with Gasteiger partial charge in [0, 0.05) is 73.4 Å². The molecule has 0 spiro atoms. The van der Waals surface area contributed by atoms with Crippen LogP contribution in [-0.4, -0.2) is 74.7 Å². The summed E-state index contributed by atoms with van der Waals surface area (Å²) in [6.07, 6.45) is 7.75. The predicted octanol–water partition coefficient (Wildman–Crippen LogP) is 3.52. The molecule has 1 aliphatic carbocycles. The lowest BCUT2D eigenvalue weighted by Crippen LogP contribution is -2.57. The van der Waals surface area contributed by atoms with Crippen LogP contribution in [0.4, 0.5) is 0 Å². The molecule has 4 heterocycles. The average molecular weight is 605 g/mol. The summed E-state index contributed by atoms with van der Waals surface area (Å²) in [4.78, 5) is 30.7. The highest BCUT2D eigenvalue weighted by Gasteiger charge is 2.40. The van der Waals surface area contributed by atoms with Crippen LogP contribution in [0.15, 0.2) is 78.3 Å². The Labute approximate surface area is 260 Å². The number of benzene rings is 2. The van der Waals surface area contributed by atoms with Crippen molar-refractivity contribution in [3.8, 4) is 28.1 Å². The number of rotatable bonds is 7. The number of hydrogen-bond acceptors (Lipinski definition) is 8. The van der Waals surface area contributed by atoms with Crippen LogP contribution in [0.3, 0.4) is 0 Å². The molecule has 7 rings (SSSR count). The van der Waals surface area contributed by atoms with Crippen LogP contribution in [-0.2, 0) is 21.1 Å². The van der Waals surface area contributed by atoms with Crippen molar-refractivity contribution in [2.24, 2.45) is 11.1 Å². The van der Waals surface area contributed by atoms with Crippen LogP contribution < -0.4 is 10.6 Å². The minimum atomic E-state index is -0.504. The molecule has 2 aromatic heterocycles. The molecule has 3 N–H and O–H groups in total. The molecule has 2 saturated heterocycles. The second kappa shape index (κ2) is 12.4. The van der Waals surface area contributed by atoms with Gasteiger partial charge in [0.1, 0.15) is 5.69 Å². The highest BCUT2D eigenvalue weighted by Crippen LogP contribution is 2.36. The van der Waals surface area contributed by atoms with E-state index < -0.39 is 18.6 Å². The normalized spacial score (nSPS) is 21.9. The molecule has 11 heteroatoms. The van der Waals surface area contributed by atoms with Gasteiger partial charge in [0.05, 0.1) is 23.9 Å². The molecule has 3 aliphatic rings. The quantitative estimate of drug-likeness (QED) is 0.166. The molecule has 1 radical (unpaired) electrons. The van der Waals surface area contributed by atoms with Crippen molar-refractivity contribution in [2.75, 3.05) is 26.2 Å². The largest absolute Gasteiger partial charge is 0.411 e. The van der Waals surface area contributed by atoms with E-state index in [1.165, 1.54) is 0 Å². The number of carbonyl (C=O) groups is 2. The lowest BCUT2D eigenvalue weighted by Gasteiger charge is -2.44. The lowest BCUT2D eigenvalue weighted by atomic mass is 9.87. The van der Waals surface area contributed by atoms with Crippen LogP contribution >= 0.6 is 0 Å². The lowest BCUT2D eigenvalue weighted by molar-refractivity contribution is -0.140. The molecule has 2 amide bonds. The number of nitrogens with zero attached hydrogens (tertiary/aromatic N) is 5. The van der Waals surface area contributed by atoms with Crippen molar-refractivity contribution in [2.45, 2.75) is 37.8 Å². The first-order chi connectivity index (χ1) is 22.0. The van der Waals surface area contributed by atoms with Crippen LogP contribution in [0, 0.1) is 5.92 Å². The predicted molar refractivity (Wildman–Crippen MR) is 166 cm³/mol. The van der Waals surface area contributed by atoms with Gasteiger partial charge in [0.25, 0.3) is 0 Å². The van der Waals surface area contributed by atoms with Crippen LogP contribution in [0.5, 0.6) is 0 Å². The number of oxime groups is 1. The van der Waals surface area contributed by atoms with Gasteiger partial charge in [0.15, 0.2) is 0 Å². The number of amides is 2. The van der Waals surface area contributed by atoms with Crippen molar-refractivity contribution in [1.29, 1.82) is 0 Å². The number of fused-ring (bicyclic) bond motifs is 1. The molecule has 0 bridgehead atoms. The molecule has 0 saturated carbocycles. The first kappa shape index (κ1) is 29.0. The Balaban J connectivity index is 1.20. The summed E-state index contributed by atoms with van der Waals surface area (Å²) in [7, 11) is 0. The van der Waals surface area contributed by atoms with Crippen molar-refractivity contribution in [3.63, 3.8) is 0 Å². The number of piperidine rings is 1. The molecule has 45 heavy (non-hydrogen) atoms. The zero-order chi connectivity index (χ0) is 30.9. The van der Waals surface area contributed by atoms with Crippen molar-refractivity contribution < 1.29 is 19.9 Å². The fraction of sp³-hybridized carbons (Fsp3) is 0.324. The Bertz CT molecular complexity index is 1750. The molecule has 11 nitrogen and oxygen atoms in total. The van der Waals surface area contributed by atoms with Gasteiger partial charge in [-0.3, -0.25) is 24.8 Å². The Morgan fingerprint density at radius 2 is 1.80 bits per heavy atom. The van der Waals surface area contributed by atoms with E-state index in [9.17, 15) is 19.9 Å². The standard InChI is InChI=1S/C34H34N7O4/c42-20-31(27-8-10-32(43)37-34(27)44)40-16-15-36-18-30(40)21-1-5-25(6-2-21)41-19-28(33(38-41)22-11-13-35-14-12-22)24-3-7-26-23(17-24)4-9-29(26)39-45/h1-3,5-7,11-14,17,19,27,30-31,36,45H,4,8-10,15-16,18,20H2,(H,37,43,44)/b39-29+. The maximum atomic E-state index is 12.7. The Hall–Kier alpha value is -4.71. The van der Waals surface area contributed by atoms with E-state index in [1.54, 1.807) is 12.4 Å². The summed E-state index contributed by atoms with van der Waals surface area (Å²) in [5, 5.41) is 36.2. The summed E-state index contributed by atoms with van der Waals surface area (Å²) in [6, 6.07) is 17.7. The topological polar surface area (TPSA) is 145 Å². The van der Waals surface area contributed by atoms with Crippen molar-refractivity contribution in [1.82, 2.24) is 30.3 Å². The second-order valence-electron chi connectivity index (χ2n) is 11.8. The number of piperazine rings is 1. The monoisotopic (exact) mass is 604 g/mol. The Morgan fingerprint density at radius 3 is 2.56 bits per heavy atom. The molecule has 2 fully saturated rings. The molecule has 2 aliphatic heterocycles. The van der Waals surface area contributed by atoms with E-state index in [4.69, 9.17) is 5.10 Å². The highest BCUT2D eigenvalue weighted by molar-refractivity contribution is 6.04. The number of aryl methyl sites for hydroxylation is 1. The third kappa shape index (κ3) is 5.54. The fourth-order valence-corrected chi connectivity index (χ4v) is 6.98. The van der Waals surface area contributed by atoms with Crippen LogP contribution in [0.1, 0.15) is 42.0 Å². The highest BCUT2D eigenvalue weighted by atomic mass is 16.4. The maximum Gasteiger partial charge on any atom is 0.231 e. The van der Waals surface area contributed by atoms with E-state index in [0.29, 0.717) is 25.2 Å². The second-order valence-corrected chi connectivity index (χ2v) is 11.8. The SMILES string of the molecule is [O]CC(C1CCC(=O)NC1=O)N1CCNCC1c1ccc(-n2cc(-c3ccc4c(c3)CC/C4=N\O)c(-c3ccncc3)n2)cc1. The summed E-state index contributed by atoms with van der Waals surface area (Å²) in [5.74, 6) is -1.12. The van der Waals surface area contributed by atoms with Crippen molar-refractivity contribution in [3.05, 3.63) is 89.9 Å². The van der Waals surface area contributed by atoms with E-state index in [1.807, 2.05) is 47.3 Å². The Morgan fingerprint density at radius 1 is 0.978 bits per heavy atom. The number of imide groups is 1. The fourth-order valence-electron chi connectivity index (χ4n) is 6.98. The zero-order valence-corrected chi connectivity index (χ0v) is 24.7. The van der Waals surface area contributed by atoms with E-state index in [2.05, 4.69) is 43.9 Å². The van der Waals surface area contributed by atoms with Gasteiger partial charge < -0.3 is 10.5 Å². The third-order valence-corrected chi connectivity index (χ3v) is 9.32. The Kier molecular flexibility index (Phi) is 7.97. The summed E-state index contributed by atoms with van der Waals surface area (Å²) in [6.45, 7) is 1.61. The number of nitrogens with one attached hydrogen (secondary N) is 2. The molecular formula is C34H34N7O4. The zero-order valence-electron chi connectivity index (χ0n) is 24.7. The van der Waals surface area contributed by atoms with Gasteiger partial charge in [-0.2, -0.15) is 5.10 Å². The minimum absolute atomic E-state index is 0.0866. The van der Waals surface area contributed by atoms with Gasteiger partial charge in [-0.05, 0) is 60.2 Å². The van der Waals surface area contributed by atoms with Crippen molar-refractivity contribution >= 4 is 17.5 Å². The number of carbonyl (C=O) groups excluding carboxylic acids is 2. The van der Waals surface area contributed by atoms with Gasteiger partial charge in [-0.15, -0.1) is 0 Å². The first-order valence-electron chi connectivity index (χ1n) is 15.4. The van der Waals surface area contributed by atoms with Gasteiger partial charge in [0.2, 0.25) is 11.8 Å². The van der Waals surface area contributed by atoms with E-state index in [0.717, 1.165) is 64.1 Å². The van der Waals surface area contributed by atoms with Gasteiger partial charge in [-0.1, -0.05) is 35.5 Å².